The highest BCUT2D eigenvalue weighted by molar-refractivity contribution is 5.88. The topological polar surface area (TPSA) is 71.8 Å². The third-order valence-electron chi connectivity index (χ3n) is 4.93. The molecule has 138 valence electrons. The number of nitrogens with zero attached hydrogens (tertiary/aromatic N) is 3. The lowest BCUT2D eigenvalue weighted by Crippen LogP contribution is -2.28. The van der Waals surface area contributed by atoms with Crippen molar-refractivity contribution in [2.75, 3.05) is 10.6 Å². The smallest absolute Gasteiger partial charge is 0.250 e. The maximum Gasteiger partial charge on any atom is 0.250 e. The van der Waals surface area contributed by atoms with E-state index in [-0.39, 0.29) is 18.0 Å². The van der Waals surface area contributed by atoms with Gasteiger partial charge in [-0.25, -0.2) is 4.68 Å². The predicted octanol–water partition coefficient (Wildman–Crippen LogP) is 4.08. The highest BCUT2D eigenvalue weighted by atomic mass is 16.1. The molecule has 0 saturated heterocycles. The van der Waals surface area contributed by atoms with Gasteiger partial charge in [0.1, 0.15) is 0 Å². The van der Waals surface area contributed by atoms with E-state index in [0.29, 0.717) is 18.3 Å². The van der Waals surface area contributed by atoms with Crippen LogP contribution >= 0.6 is 0 Å². The first-order chi connectivity index (χ1) is 13.1. The van der Waals surface area contributed by atoms with Gasteiger partial charge in [-0.05, 0) is 24.5 Å². The first-order valence-electron chi connectivity index (χ1n) is 9.28. The first kappa shape index (κ1) is 17.3. The normalized spacial score (nSPS) is 18.4. The molecule has 4 rings (SSSR count). The van der Waals surface area contributed by atoms with Crippen molar-refractivity contribution in [3.8, 4) is 0 Å². The van der Waals surface area contributed by atoms with Crippen molar-refractivity contribution >= 4 is 17.8 Å². The summed E-state index contributed by atoms with van der Waals surface area (Å²) in [6, 6.07) is 19.0. The molecular formula is C21H23N5O. The maximum atomic E-state index is 11.7. The lowest BCUT2D eigenvalue weighted by atomic mass is 9.93. The fourth-order valence-electron chi connectivity index (χ4n) is 3.41. The van der Waals surface area contributed by atoms with Crippen LogP contribution in [0.25, 0.3) is 0 Å². The zero-order valence-electron chi connectivity index (χ0n) is 15.5. The number of anilines is 2. The van der Waals surface area contributed by atoms with Crippen LogP contribution in [0.1, 0.15) is 48.5 Å². The number of nitrogens with one attached hydrogen (secondary N) is 2. The second kappa shape index (κ2) is 7.23. The van der Waals surface area contributed by atoms with Gasteiger partial charge < -0.3 is 5.32 Å². The summed E-state index contributed by atoms with van der Waals surface area (Å²) in [4.78, 5) is 16.3. The molecular weight excluding hydrogens is 338 g/mol. The Balaban J connectivity index is 1.72. The van der Waals surface area contributed by atoms with Gasteiger partial charge in [-0.1, -0.05) is 67.1 Å². The molecule has 3 aromatic rings. The Labute approximate surface area is 158 Å². The highest BCUT2D eigenvalue weighted by Gasteiger charge is 2.31. The molecule has 27 heavy (non-hydrogen) atoms. The van der Waals surface area contributed by atoms with Crippen molar-refractivity contribution in [1.29, 1.82) is 0 Å². The summed E-state index contributed by atoms with van der Waals surface area (Å²) in [6.45, 7) is 3.89. The summed E-state index contributed by atoms with van der Waals surface area (Å²) in [5.41, 5.74) is 3.62. The third kappa shape index (κ3) is 3.56. The van der Waals surface area contributed by atoms with E-state index >= 15 is 0 Å². The van der Waals surface area contributed by atoms with Gasteiger partial charge in [0.15, 0.2) is 0 Å². The summed E-state index contributed by atoms with van der Waals surface area (Å²) in [7, 11) is 0. The Kier molecular flexibility index (Phi) is 4.62. The molecule has 6 heteroatoms. The summed E-state index contributed by atoms with van der Waals surface area (Å²) in [5.74, 6) is 0.923. The summed E-state index contributed by atoms with van der Waals surface area (Å²) in [6.07, 6.45) is 1.25. The largest absolute Gasteiger partial charge is 0.347 e. The molecule has 1 aliphatic rings. The lowest BCUT2D eigenvalue weighted by molar-refractivity contribution is -0.115. The number of aromatic nitrogens is 3. The summed E-state index contributed by atoms with van der Waals surface area (Å²) >= 11 is 0. The van der Waals surface area contributed by atoms with Crippen molar-refractivity contribution in [3.05, 3.63) is 71.3 Å². The first-order valence-corrected chi connectivity index (χ1v) is 9.28. The van der Waals surface area contributed by atoms with Crippen molar-refractivity contribution in [3.63, 3.8) is 0 Å². The number of carbonyl (C=O) groups is 1. The number of hydrogen-bond donors (Lipinski definition) is 2. The van der Waals surface area contributed by atoms with Crippen LogP contribution in [0.3, 0.4) is 0 Å². The van der Waals surface area contributed by atoms with Crippen LogP contribution in [0.15, 0.2) is 54.6 Å². The van der Waals surface area contributed by atoms with Crippen LogP contribution in [-0.2, 0) is 4.79 Å². The van der Waals surface area contributed by atoms with Crippen molar-refractivity contribution < 1.29 is 4.79 Å². The maximum absolute atomic E-state index is 11.7. The molecule has 1 aliphatic heterocycles. The van der Waals surface area contributed by atoms with E-state index < -0.39 is 0 Å². The Bertz CT molecular complexity index is 933. The van der Waals surface area contributed by atoms with Crippen molar-refractivity contribution in [2.24, 2.45) is 0 Å². The number of carbonyl (C=O) groups excluding carboxylic acids is 1. The van der Waals surface area contributed by atoms with Crippen LogP contribution in [0.2, 0.25) is 0 Å². The molecule has 2 N–H and O–H groups in total. The van der Waals surface area contributed by atoms with Crippen LogP contribution in [-0.4, -0.2) is 20.7 Å². The molecule has 2 aromatic carbocycles. The van der Waals surface area contributed by atoms with Crippen LogP contribution in [0.4, 0.5) is 11.9 Å². The lowest BCUT2D eigenvalue weighted by Gasteiger charge is -2.31. The standard InChI is InChI=1S/C21H23N5O/c1-3-19(27)23-20-24-21-22-17(15-7-5-4-6-8-15)13-18(26(21)25-20)16-11-9-14(2)10-12-16/h4-12,17-18H,3,13H2,1-2H3,(H2,22,23,24,25,27)/t17-,18-/m0/s1. The summed E-state index contributed by atoms with van der Waals surface area (Å²) < 4.78 is 1.88. The number of aryl methyl sites for hydroxylation is 1. The number of fused-ring (bicyclic) bond motifs is 1. The molecule has 0 spiro atoms. The van der Waals surface area contributed by atoms with E-state index in [0.717, 1.165) is 6.42 Å². The van der Waals surface area contributed by atoms with Gasteiger partial charge >= 0.3 is 0 Å². The fraction of sp³-hybridized carbons (Fsp3) is 0.286. The Hall–Kier alpha value is -3.15. The molecule has 0 radical (unpaired) electrons. The number of hydrogen-bond acceptors (Lipinski definition) is 4. The van der Waals surface area contributed by atoms with Crippen LogP contribution in [0.5, 0.6) is 0 Å². The fourth-order valence-corrected chi connectivity index (χ4v) is 3.41. The summed E-state index contributed by atoms with van der Waals surface area (Å²) in [5, 5.41) is 10.8. The number of benzene rings is 2. The second-order valence-electron chi connectivity index (χ2n) is 6.88. The van der Waals surface area contributed by atoms with Gasteiger partial charge in [-0.3, -0.25) is 10.1 Å². The Morgan fingerprint density at radius 2 is 1.89 bits per heavy atom. The van der Waals surface area contributed by atoms with Gasteiger partial charge in [-0.2, -0.15) is 4.98 Å². The minimum absolute atomic E-state index is 0.0480. The van der Waals surface area contributed by atoms with E-state index in [1.807, 2.05) is 29.8 Å². The number of rotatable bonds is 4. The molecule has 0 unspecified atom stereocenters. The van der Waals surface area contributed by atoms with Gasteiger partial charge in [0, 0.05) is 6.42 Å². The molecule has 2 atom stereocenters. The van der Waals surface area contributed by atoms with E-state index in [1.165, 1.54) is 16.7 Å². The van der Waals surface area contributed by atoms with Crippen molar-refractivity contribution in [1.82, 2.24) is 14.8 Å². The van der Waals surface area contributed by atoms with Gasteiger partial charge in [-0.15, -0.1) is 5.10 Å². The van der Waals surface area contributed by atoms with Gasteiger partial charge in [0.25, 0.3) is 5.95 Å². The van der Waals surface area contributed by atoms with E-state index in [1.54, 1.807) is 0 Å². The third-order valence-corrected chi connectivity index (χ3v) is 4.93. The molecule has 0 saturated carbocycles. The van der Waals surface area contributed by atoms with E-state index in [9.17, 15) is 4.79 Å². The molecule has 0 aliphatic carbocycles. The molecule has 1 amide bonds. The van der Waals surface area contributed by atoms with Crippen LogP contribution < -0.4 is 10.6 Å². The average molecular weight is 361 g/mol. The molecule has 6 nitrogen and oxygen atoms in total. The highest BCUT2D eigenvalue weighted by Crippen LogP contribution is 2.38. The second-order valence-corrected chi connectivity index (χ2v) is 6.88. The Morgan fingerprint density at radius 1 is 1.15 bits per heavy atom. The van der Waals surface area contributed by atoms with Gasteiger partial charge in [0.05, 0.1) is 12.1 Å². The zero-order chi connectivity index (χ0) is 18.8. The van der Waals surface area contributed by atoms with E-state index in [2.05, 4.69) is 64.0 Å². The predicted molar refractivity (Wildman–Crippen MR) is 106 cm³/mol. The van der Waals surface area contributed by atoms with E-state index in [4.69, 9.17) is 0 Å². The minimum Gasteiger partial charge on any atom is -0.347 e. The molecule has 2 heterocycles. The molecule has 0 bridgehead atoms. The monoisotopic (exact) mass is 361 g/mol. The minimum atomic E-state index is -0.0931. The van der Waals surface area contributed by atoms with Crippen LogP contribution in [0, 0.1) is 6.92 Å². The van der Waals surface area contributed by atoms with Gasteiger partial charge in [0.2, 0.25) is 11.9 Å². The molecule has 1 aromatic heterocycles. The zero-order valence-corrected chi connectivity index (χ0v) is 15.5. The van der Waals surface area contributed by atoms with Crippen molar-refractivity contribution in [2.45, 2.75) is 38.8 Å². The number of amides is 1. The average Bonchev–Trinajstić information content (AvgIpc) is 3.10. The SMILES string of the molecule is CCC(=O)Nc1nc2n(n1)[C@H](c1ccc(C)cc1)C[C@@H](c1ccccc1)N2. The Morgan fingerprint density at radius 3 is 2.59 bits per heavy atom. The molecule has 0 fully saturated rings. The quantitative estimate of drug-likeness (QED) is 0.734.